The minimum atomic E-state index is -0.805. The third-order valence-electron chi connectivity index (χ3n) is 3.19. The van der Waals surface area contributed by atoms with E-state index in [4.69, 9.17) is 0 Å². The molecule has 0 aromatic heterocycles. The van der Waals surface area contributed by atoms with Crippen LogP contribution < -0.4 is 5.32 Å². The van der Waals surface area contributed by atoms with Crippen LogP contribution in [0.25, 0.3) is 0 Å². The number of hydrogen-bond donors (Lipinski definition) is 2. The van der Waals surface area contributed by atoms with Gasteiger partial charge in [0.15, 0.2) is 0 Å². The summed E-state index contributed by atoms with van der Waals surface area (Å²) >= 11 is 0. The number of amides is 1. The summed E-state index contributed by atoms with van der Waals surface area (Å²) in [6.07, 6.45) is 5.77. The monoisotopic (exact) mass is 275 g/mol. The number of hydrogen-bond acceptors (Lipinski definition) is 2. The van der Waals surface area contributed by atoms with Gasteiger partial charge in [0.1, 0.15) is 0 Å². The fourth-order valence-corrected chi connectivity index (χ4v) is 1.98. The van der Waals surface area contributed by atoms with Crippen LogP contribution in [0.2, 0.25) is 0 Å². The zero-order chi connectivity index (χ0) is 14.8. The van der Waals surface area contributed by atoms with Gasteiger partial charge in [-0.15, -0.1) is 0 Å². The normalized spacial score (nSPS) is 14.2. The van der Waals surface area contributed by atoms with Crippen LogP contribution in [0.4, 0.5) is 0 Å². The molecule has 0 heterocycles. The molecule has 0 spiro atoms. The van der Waals surface area contributed by atoms with E-state index < -0.39 is 12.0 Å². The van der Waals surface area contributed by atoms with E-state index in [-0.39, 0.29) is 5.91 Å². The largest absolute Gasteiger partial charge is 0.387 e. The van der Waals surface area contributed by atoms with Gasteiger partial charge >= 0.3 is 0 Å². The zero-order valence-corrected chi connectivity index (χ0v) is 12.4. The number of rotatable bonds is 8. The number of carbonyl (C=O) groups is 1. The van der Waals surface area contributed by atoms with E-state index in [9.17, 15) is 9.90 Å². The van der Waals surface area contributed by atoms with Crippen molar-refractivity contribution in [3.63, 3.8) is 0 Å². The molecule has 2 atom stereocenters. The van der Waals surface area contributed by atoms with Crippen LogP contribution in [0.3, 0.4) is 0 Å². The Morgan fingerprint density at radius 2 is 2.00 bits per heavy atom. The highest BCUT2D eigenvalue weighted by atomic mass is 16.3. The van der Waals surface area contributed by atoms with E-state index in [1.54, 1.807) is 6.08 Å². The van der Waals surface area contributed by atoms with Crippen molar-refractivity contribution in [2.24, 2.45) is 5.92 Å². The van der Waals surface area contributed by atoms with Crippen LogP contribution in [-0.4, -0.2) is 17.6 Å². The van der Waals surface area contributed by atoms with E-state index >= 15 is 0 Å². The van der Waals surface area contributed by atoms with Crippen molar-refractivity contribution in [1.29, 1.82) is 0 Å². The molecule has 0 saturated heterocycles. The Balaban J connectivity index is 2.77. The van der Waals surface area contributed by atoms with Gasteiger partial charge in [0.2, 0.25) is 5.91 Å². The van der Waals surface area contributed by atoms with Crippen molar-refractivity contribution in [3.05, 3.63) is 48.0 Å². The van der Waals surface area contributed by atoms with Gasteiger partial charge in [-0.3, -0.25) is 4.79 Å². The van der Waals surface area contributed by atoms with E-state index in [0.29, 0.717) is 6.54 Å². The molecule has 0 aliphatic carbocycles. The number of aliphatic hydroxyl groups excluding tert-OH is 1. The molecular weight excluding hydrogens is 250 g/mol. The van der Waals surface area contributed by atoms with Crippen molar-refractivity contribution >= 4 is 5.91 Å². The lowest BCUT2D eigenvalue weighted by Gasteiger charge is -2.20. The Bertz CT molecular complexity index is 414. The second kappa shape index (κ2) is 9.32. The van der Waals surface area contributed by atoms with E-state index in [0.717, 1.165) is 24.8 Å². The first-order valence-electron chi connectivity index (χ1n) is 7.38. The highest BCUT2D eigenvalue weighted by molar-refractivity contribution is 5.81. The molecule has 1 amide bonds. The quantitative estimate of drug-likeness (QED) is 0.565. The number of aliphatic hydroxyl groups is 1. The lowest BCUT2D eigenvalue weighted by atomic mass is 9.94. The number of unbranched alkanes of at least 4 members (excludes halogenated alkanes) is 1. The lowest BCUT2D eigenvalue weighted by Crippen LogP contribution is -2.33. The first-order valence-corrected chi connectivity index (χ1v) is 7.38. The molecule has 1 rings (SSSR count). The smallest absolute Gasteiger partial charge is 0.229 e. The Morgan fingerprint density at radius 3 is 2.60 bits per heavy atom. The topological polar surface area (TPSA) is 49.3 Å². The standard InChI is InChI=1S/C17H25NO2/c1-3-5-12-15(17(20)18-13-6-4-2)16(19)14-10-8-7-9-11-14/h5,7-12,15-16,19H,3-4,6,13H2,1-2H3,(H,18,20)/b12-5+/t15-,16?/m1/s1. The Hall–Kier alpha value is -1.61. The summed E-state index contributed by atoms with van der Waals surface area (Å²) in [6, 6.07) is 9.32. The Morgan fingerprint density at radius 1 is 1.30 bits per heavy atom. The van der Waals surface area contributed by atoms with Gasteiger partial charge in [0.05, 0.1) is 12.0 Å². The van der Waals surface area contributed by atoms with Gasteiger partial charge in [0, 0.05) is 6.54 Å². The van der Waals surface area contributed by atoms with Crippen LogP contribution in [0.15, 0.2) is 42.5 Å². The van der Waals surface area contributed by atoms with Crippen molar-refractivity contribution in [2.75, 3.05) is 6.54 Å². The molecule has 1 aromatic carbocycles. The average Bonchev–Trinajstić information content (AvgIpc) is 2.48. The molecular formula is C17H25NO2. The molecule has 2 N–H and O–H groups in total. The average molecular weight is 275 g/mol. The van der Waals surface area contributed by atoms with Gasteiger partial charge in [-0.25, -0.2) is 0 Å². The third kappa shape index (κ3) is 5.17. The van der Waals surface area contributed by atoms with Crippen LogP contribution in [-0.2, 0) is 4.79 Å². The first-order chi connectivity index (χ1) is 9.70. The van der Waals surface area contributed by atoms with Gasteiger partial charge < -0.3 is 10.4 Å². The predicted octanol–water partition coefficient (Wildman–Crippen LogP) is 3.22. The van der Waals surface area contributed by atoms with Crippen LogP contribution >= 0.6 is 0 Å². The number of allylic oxidation sites excluding steroid dienone is 1. The van der Waals surface area contributed by atoms with Crippen molar-refractivity contribution < 1.29 is 9.90 Å². The highest BCUT2D eigenvalue weighted by Gasteiger charge is 2.25. The van der Waals surface area contributed by atoms with Crippen LogP contribution in [0, 0.1) is 5.92 Å². The summed E-state index contributed by atoms with van der Waals surface area (Å²) in [7, 11) is 0. The van der Waals surface area contributed by atoms with Crippen LogP contribution in [0.1, 0.15) is 44.8 Å². The molecule has 1 unspecified atom stereocenters. The molecule has 1 aromatic rings. The summed E-state index contributed by atoms with van der Waals surface area (Å²) < 4.78 is 0. The summed E-state index contributed by atoms with van der Waals surface area (Å²) in [5, 5.41) is 13.3. The van der Waals surface area contributed by atoms with Gasteiger partial charge in [-0.1, -0.05) is 62.8 Å². The minimum Gasteiger partial charge on any atom is -0.387 e. The maximum atomic E-state index is 12.2. The van der Waals surface area contributed by atoms with Gasteiger partial charge in [-0.05, 0) is 18.4 Å². The fourth-order valence-electron chi connectivity index (χ4n) is 1.98. The van der Waals surface area contributed by atoms with Crippen molar-refractivity contribution in [3.8, 4) is 0 Å². The summed E-state index contributed by atoms with van der Waals surface area (Å²) in [6.45, 7) is 4.75. The SMILES string of the molecule is CC/C=C/[C@@H](C(=O)NCCCC)C(O)c1ccccc1. The maximum absolute atomic E-state index is 12.2. The molecule has 3 nitrogen and oxygen atoms in total. The zero-order valence-electron chi connectivity index (χ0n) is 12.4. The van der Waals surface area contributed by atoms with E-state index in [1.165, 1.54) is 0 Å². The molecule has 0 saturated carbocycles. The van der Waals surface area contributed by atoms with Gasteiger partial charge in [-0.2, -0.15) is 0 Å². The minimum absolute atomic E-state index is 0.112. The molecule has 0 radical (unpaired) electrons. The lowest BCUT2D eigenvalue weighted by molar-refractivity contribution is -0.126. The highest BCUT2D eigenvalue weighted by Crippen LogP contribution is 2.23. The molecule has 0 aliphatic heterocycles. The fraction of sp³-hybridized carbons (Fsp3) is 0.471. The summed E-state index contributed by atoms with van der Waals surface area (Å²) in [5.74, 6) is -0.645. The molecule has 0 bridgehead atoms. The second-order valence-electron chi connectivity index (χ2n) is 4.86. The molecule has 0 fully saturated rings. The number of nitrogens with one attached hydrogen (secondary N) is 1. The Kier molecular flexibility index (Phi) is 7.66. The molecule has 0 aliphatic rings. The Labute approximate surface area is 121 Å². The number of carbonyl (C=O) groups excluding carboxylic acids is 1. The maximum Gasteiger partial charge on any atom is 0.229 e. The molecule has 110 valence electrons. The predicted molar refractivity (Wildman–Crippen MR) is 82.2 cm³/mol. The van der Waals surface area contributed by atoms with E-state index in [1.807, 2.05) is 43.3 Å². The summed E-state index contributed by atoms with van der Waals surface area (Å²) in [5.41, 5.74) is 0.767. The van der Waals surface area contributed by atoms with Crippen molar-refractivity contribution in [1.82, 2.24) is 5.32 Å². The third-order valence-corrected chi connectivity index (χ3v) is 3.19. The number of benzene rings is 1. The van der Waals surface area contributed by atoms with Gasteiger partial charge in [0.25, 0.3) is 0 Å². The first kappa shape index (κ1) is 16.4. The molecule has 3 heteroatoms. The van der Waals surface area contributed by atoms with Crippen LogP contribution in [0.5, 0.6) is 0 Å². The summed E-state index contributed by atoms with van der Waals surface area (Å²) in [4.78, 5) is 12.2. The van der Waals surface area contributed by atoms with Crippen molar-refractivity contribution in [2.45, 2.75) is 39.2 Å². The molecule has 20 heavy (non-hydrogen) atoms. The van der Waals surface area contributed by atoms with E-state index in [2.05, 4.69) is 12.2 Å². The second-order valence-corrected chi connectivity index (χ2v) is 4.86.